The van der Waals surface area contributed by atoms with E-state index < -0.39 is 0 Å². The molecule has 4 nitrogen and oxygen atoms in total. The lowest BCUT2D eigenvalue weighted by atomic mass is 9.95. The van der Waals surface area contributed by atoms with Crippen molar-refractivity contribution in [3.05, 3.63) is 28.8 Å². The predicted molar refractivity (Wildman–Crippen MR) is 79.8 cm³/mol. The molecule has 0 bridgehead atoms. The van der Waals surface area contributed by atoms with Gasteiger partial charge >= 0.3 is 0 Å². The van der Waals surface area contributed by atoms with Crippen LogP contribution in [0, 0.1) is 12.8 Å². The number of hydrogen-bond donors (Lipinski definition) is 1. The van der Waals surface area contributed by atoms with E-state index in [1.165, 1.54) is 0 Å². The van der Waals surface area contributed by atoms with E-state index in [4.69, 9.17) is 11.6 Å². The van der Waals surface area contributed by atoms with E-state index in [0.717, 1.165) is 11.3 Å². The topological polar surface area (TPSA) is 49.4 Å². The fourth-order valence-corrected chi connectivity index (χ4v) is 2.61. The first-order chi connectivity index (χ1) is 9.49. The Hall–Kier alpha value is -1.55. The van der Waals surface area contributed by atoms with Gasteiger partial charge in [-0.1, -0.05) is 17.7 Å². The SMILES string of the molecule is CC(=O)N1CCC(C(=O)Nc2cccc(Cl)c2C)CC1. The minimum atomic E-state index is -0.0380. The second-order valence-electron chi connectivity index (χ2n) is 5.18. The molecule has 0 saturated carbocycles. The van der Waals surface area contributed by atoms with Gasteiger partial charge < -0.3 is 10.2 Å². The monoisotopic (exact) mass is 294 g/mol. The third kappa shape index (κ3) is 3.31. The lowest BCUT2D eigenvalue weighted by molar-refractivity contribution is -0.132. The maximum atomic E-state index is 12.2. The number of piperidine rings is 1. The van der Waals surface area contributed by atoms with Crippen molar-refractivity contribution < 1.29 is 9.59 Å². The molecule has 1 aliphatic heterocycles. The minimum Gasteiger partial charge on any atom is -0.343 e. The molecule has 1 aliphatic rings. The first-order valence-corrected chi connectivity index (χ1v) is 7.18. The van der Waals surface area contributed by atoms with E-state index >= 15 is 0 Å². The van der Waals surface area contributed by atoms with Crippen LogP contribution in [0.1, 0.15) is 25.3 Å². The summed E-state index contributed by atoms with van der Waals surface area (Å²) in [7, 11) is 0. The molecule has 1 saturated heterocycles. The number of carbonyl (C=O) groups excluding carboxylic acids is 2. The Morgan fingerprint density at radius 3 is 2.55 bits per heavy atom. The average Bonchev–Trinajstić information content (AvgIpc) is 2.44. The van der Waals surface area contributed by atoms with Crippen LogP contribution in [-0.2, 0) is 9.59 Å². The van der Waals surface area contributed by atoms with Gasteiger partial charge in [0.15, 0.2) is 0 Å². The van der Waals surface area contributed by atoms with Gasteiger partial charge in [-0.05, 0) is 37.5 Å². The first-order valence-electron chi connectivity index (χ1n) is 6.80. The van der Waals surface area contributed by atoms with Crippen LogP contribution in [-0.4, -0.2) is 29.8 Å². The van der Waals surface area contributed by atoms with E-state index in [1.54, 1.807) is 17.9 Å². The number of carbonyl (C=O) groups is 2. The fraction of sp³-hybridized carbons (Fsp3) is 0.467. The van der Waals surface area contributed by atoms with E-state index in [0.29, 0.717) is 31.0 Å². The molecule has 0 radical (unpaired) electrons. The molecule has 1 aromatic rings. The second-order valence-corrected chi connectivity index (χ2v) is 5.59. The van der Waals surface area contributed by atoms with Gasteiger partial charge in [0.2, 0.25) is 11.8 Å². The van der Waals surface area contributed by atoms with Gasteiger partial charge in [0, 0.05) is 36.6 Å². The lowest BCUT2D eigenvalue weighted by Gasteiger charge is -2.30. The normalized spacial score (nSPS) is 16.1. The number of amides is 2. The van der Waals surface area contributed by atoms with Gasteiger partial charge in [-0.15, -0.1) is 0 Å². The van der Waals surface area contributed by atoms with Crippen LogP contribution in [0.15, 0.2) is 18.2 Å². The molecule has 1 aromatic carbocycles. The van der Waals surface area contributed by atoms with Crippen LogP contribution in [0.5, 0.6) is 0 Å². The van der Waals surface area contributed by atoms with E-state index in [-0.39, 0.29) is 17.7 Å². The molecule has 108 valence electrons. The summed E-state index contributed by atoms with van der Waals surface area (Å²) >= 11 is 6.04. The number of nitrogens with one attached hydrogen (secondary N) is 1. The van der Waals surface area contributed by atoms with Gasteiger partial charge in [0.05, 0.1) is 0 Å². The van der Waals surface area contributed by atoms with E-state index in [1.807, 2.05) is 19.1 Å². The number of likely N-dealkylation sites (tertiary alicyclic amines) is 1. The minimum absolute atomic E-state index is 0.0126. The fourth-order valence-electron chi connectivity index (χ4n) is 2.43. The van der Waals surface area contributed by atoms with Crippen molar-refractivity contribution in [2.24, 2.45) is 5.92 Å². The highest BCUT2D eigenvalue weighted by Gasteiger charge is 2.26. The number of benzene rings is 1. The van der Waals surface area contributed by atoms with Crippen molar-refractivity contribution in [3.63, 3.8) is 0 Å². The Labute approximate surface area is 124 Å². The zero-order chi connectivity index (χ0) is 14.7. The van der Waals surface area contributed by atoms with Crippen molar-refractivity contribution in [1.82, 2.24) is 4.90 Å². The average molecular weight is 295 g/mol. The highest BCUT2D eigenvalue weighted by atomic mass is 35.5. The summed E-state index contributed by atoms with van der Waals surface area (Å²) in [5.41, 5.74) is 1.64. The molecule has 2 amide bonds. The zero-order valence-corrected chi connectivity index (χ0v) is 12.5. The number of halogens is 1. The van der Waals surface area contributed by atoms with E-state index in [9.17, 15) is 9.59 Å². The van der Waals surface area contributed by atoms with Gasteiger partial charge in [0.1, 0.15) is 0 Å². The quantitative estimate of drug-likeness (QED) is 0.912. The van der Waals surface area contributed by atoms with Gasteiger partial charge in [0.25, 0.3) is 0 Å². The highest BCUT2D eigenvalue weighted by Crippen LogP contribution is 2.25. The molecule has 20 heavy (non-hydrogen) atoms. The standard InChI is InChI=1S/C15H19ClN2O2/c1-10-13(16)4-3-5-14(10)17-15(20)12-6-8-18(9-7-12)11(2)19/h3-5,12H,6-9H2,1-2H3,(H,17,20). The van der Waals surface area contributed by atoms with Crippen molar-refractivity contribution in [2.75, 3.05) is 18.4 Å². The Morgan fingerprint density at radius 1 is 1.30 bits per heavy atom. The smallest absolute Gasteiger partial charge is 0.227 e. The molecule has 0 aliphatic carbocycles. The highest BCUT2D eigenvalue weighted by molar-refractivity contribution is 6.31. The number of rotatable bonds is 2. The Balaban J connectivity index is 1.96. The summed E-state index contributed by atoms with van der Waals surface area (Å²) < 4.78 is 0. The van der Waals surface area contributed by atoms with Crippen molar-refractivity contribution >= 4 is 29.1 Å². The molecule has 1 fully saturated rings. The molecule has 0 aromatic heterocycles. The summed E-state index contributed by atoms with van der Waals surface area (Å²) in [6, 6.07) is 5.48. The van der Waals surface area contributed by atoms with E-state index in [2.05, 4.69) is 5.32 Å². The van der Waals surface area contributed by atoms with Crippen LogP contribution < -0.4 is 5.32 Å². The largest absolute Gasteiger partial charge is 0.343 e. The first kappa shape index (κ1) is 14.9. The number of nitrogens with zero attached hydrogens (tertiary/aromatic N) is 1. The van der Waals surface area contributed by atoms with Crippen molar-refractivity contribution in [3.8, 4) is 0 Å². The molecular weight excluding hydrogens is 276 g/mol. The zero-order valence-electron chi connectivity index (χ0n) is 11.8. The van der Waals surface area contributed by atoms with Gasteiger partial charge in [-0.3, -0.25) is 9.59 Å². The molecule has 2 rings (SSSR count). The van der Waals surface area contributed by atoms with Gasteiger partial charge in [-0.25, -0.2) is 0 Å². The number of hydrogen-bond acceptors (Lipinski definition) is 2. The summed E-state index contributed by atoms with van der Waals surface area (Å²) in [4.78, 5) is 25.3. The predicted octanol–water partition coefficient (Wildman–Crippen LogP) is 2.85. The third-order valence-corrected chi connectivity index (χ3v) is 4.25. The van der Waals surface area contributed by atoms with Crippen LogP contribution in [0.2, 0.25) is 5.02 Å². The molecule has 5 heteroatoms. The molecule has 1 heterocycles. The molecule has 0 unspecified atom stereocenters. The van der Waals surface area contributed by atoms with Crippen molar-refractivity contribution in [1.29, 1.82) is 0 Å². The Kier molecular flexibility index (Phi) is 4.65. The molecule has 0 atom stereocenters. The van der Waals surface area contributed by atoms with Crippen LogP contribution in [0.25, 0.3) is 0 Å². The second kappa shape index (κ2) is 6.27. The molecule has 0 spiro atoms. The van der Waals surface area contributed by atoms with Gasteiger partial charge in [-0.2, -0.15) is 0 Å². The Bertz CT molecular complexity index is 523. The summed E-state index contributed by atoms with van der Waals surface area (Å²) in [6.45, 7) is 4.76. The summed E-state index contributed by atoms with van der Waals surface area (Å²) in [5.74, 6) is 0.0529. The van der Waals surface area contributed by atoms with Crippen molar-refractivity contribution in [2.45, 2.75) is 26.7 Å². The lowest BCUT2D eigenvalue weighted by Crippen LogP contribution is -2.40. The maximum absolute atomic E-state index is 12.2. The third-order valence-electron chi connectivity index (χ3n) is 3.84. The Morgan fingerprint density at radius 2 is 1.95 bits per heavy atom. The van der Waals surface area contributed by atoms with Crippen LogP contribution >= 0.6 is 11.6 Å². The maximum Gasteiger partial charge on any atom is 0.227 e. The molecular formula is C15H19ClN2O2. The summed E-state index contributed by atoms with van der Waals surface area (Å²) in [6.07, 6.45) is 1.43. The molecule has 1 N–H and O–H groups in total. The van der Waals surface area contributed by atoms with Crippen LogP contribution in [0.3, 0.4) is 0 Å². The summed E-state index contributed by atoms with van der Waals surface area (Å²) in [5, 5.41) is 3.59. The number of anilines is 1. The van der Waals surface area contributed by atoms with Crippen LogP contribution in [0.4, 0.5) is 5.69 Å².